The summed E-state index contributed by atoms with van der Waals surface area (Å²) >= 11 is 0. The van der Waals surface area contributed by atoms with Gasteiger partial charge in [0.1, 0.15) is 6.61 Å². The molecule has 0 unspecified atom stereocenters. The number of ether oxygens (including phenoxy) is 1. The molecule has 0 aliphatic carbocycles. The van der Waals surface area contributed by atoms with Crippen LogP contribution in [0.25, 0.3) is 0 Å². The van der Waals surface area contributed by atoms with Crippen LogP contribution in [-0.2, 0) is 11.3 Å². The molecule has 0 fully saturated rings. The average Bonchev–Trinajstić information content (AvgIpc) is 2.31. The Bertz CT molecular complexity index is 197. The van der Waals surface area contributed by atoms with Gasteiger partial charge in [-0.25, -0.2) is 4.98 Å². The molecule has 1 aromatic heterocycles. The quantitative estimate of drug-likeness (QED) is 0.630. The standard InChI is InChI=1S/C6H10N2O2/c1-2-10-5-6-7-3-4-8(6)9/h3-4,9H,2,5H2,1H3. The topological polar surface area (TPSA) is 47.3 Å². The van der Waals surface area contributed by atoms with E-state index in [-0.39, 0.29) is 0 Å². The lowest BCUT2D eigenvalue weighted by atomic mass is 10.6. The maximum absolute atomic E-state index is 8.95. The number of nitrogens with zero attached hydrogens (tertiary/aromatic N) is 2. The van der Waals surface area contributed by atoms with E-state index in [0.717, 1.165) is 4.73 Å². The number of aromatic nitrogens is 2. The maximum atomic E-state index is 8.95. The van der Waals surface area contributed by atoms with E-state index in [1.807, 2.05) is 6.92 Å². The number of rotatable bonds is 3. The normalized spacial score (nSPS) is 10.1. The molecule has 56 valence electrons. The molecule has 4 heteroatoms. The summed E-state index contributed by atoms with van der Waals surface area (Å²) in [5.74, 6) is 0.529. The largest absolute Gasteiger partial charge is 0.427 e. The third kappa shape index (κ3) is 1.48. The number of imidazole rings is 1. The van der Waals surface area contributed by atoms with E-state index < -0.39 is 0 Å². The number of hydrogen-bond acceptors (Lipinski definition) is 3. The molecule has 0 amide bonds. The van der Waals surface area contributed by atoms with Crippen LogP contribution in [-0.4, -0.2) is 21.5 Å². The first-order chi connectivity index (χ1) is 4.84. The van der Waals surface area contributed by atoms with Gasteiger partial charge >= 0.3 is 0 Å². The minimum Gasteiger partial charge on any atom is -0.427 e. The highest BCUT2D eigenvalue weighted by Gasteiger charge is 1.98. The summed E-state index contributed by atoms with van der Waals surface area (Å²) in [6.45, 7) is 2.89. The molecule has 1 aromatic rings. The Morgan fingerprint density at radius 2 is 2.60 bits per heavy atom. The van der Waals surface area contributed by atoms with Gasteiger partial charge in [-0.1, -0.05) is 0 Å². The molecule has 0 aromatic carbocycles. The van der Waals surface area contributed by atoms with Crippen molar-refractivity contribution in [3.05, 3.63) is 18.2 Å². The summed E-state index contributed by atoms with van der Waals surface area (Å²) < 4.78 is 5.97. The number of hydrogen-bond donors (Lipinski definition) is 1. The smallest absolute Gasteiger partial charge is 0.170 e. The summed E-state index contributed by atoms with van der Waals surface area (Å²) in [7, 11) is 0. The summed E-state index contributed by atoms with van der Waals surface area (Å²) in [4.78, 5) is 3.84. The van der Waals surface area contributed by atoms with E-state index in [0.29, 0.717) is 19.0 Å². The molecule has 0 saturated carbocycles. The Hall–Kier alpha value is -1.03. The van der Waals surface area contributed by atoms with Crippen molar-refractivity contribution in [2.75, 3.05) is 6.61 Å². The van der Waals surface area contributed by atoms with Gasteiger partial charge < -0.3 is 9.94 Å². The van der Waals surface area contributed by atoms with Crippen molar-refractivity contribution in [3.63, 3.8) is 0 Å². The van der Waals surface area contributed by atoms with Gasteiger partial charge in [0.25, 0.3) is 0 Å². The zero-order valence-corrected chi connectivity index (χ0v) is 5.82. The van der Waals surface area contributed by atoms with Gasteiger partial charge in [0, 0.05) is 12.8 Å². The highest BCUT2D eigenvalue weighted by Crippen LogP contribution is 1.94. The summed E-state index contributed by atoms with van der Waals surface area (Å²) in [5, 5.41) is 8.95. The Morgan fingerprint density at radius 3 is 3.10 bits per heavy atom. The molecule has 0 radical (unpaired) electrons. The van der Waals surface area contributed by atoms with E-state index in [1.165, 1.54) is 12.4 Å². The first kappa shape index (κ1) is 7.08. The Kier molecular flexibility index (Phi) is 2.28. The van der Waals surface area contributed by atoms with Crippen molar-refractivity contribution in [1.29, 1.82) is 0 Å². The Morgan fingerprint density at radius 1 is 1.80 bits per heavy atom. The highest BCUT2D eigenvalue weighted by atomic mass is 16.5. The first-order valence-corrected chi connectivity index (χ1v) is 3.13. The second-order valence-corrected chi connectivity index (χ2v) is 1.83. The minimum absolute atomic E-state index is 0.361. The highest BCUT2D eigenvalue weighted by molar-refractivity contribution is 4.86. The van der Waals surface area contributed by atoms with Crippen LogP contribution in [0.5, 0.6) is 0 Å². The molecule has 0 saturated heterocycles. The fourth-order valence-electron chi connectivity index (χ4n) is 0.624. The van der Waals surface area contributed by atoms with Gasteiger partial charge in [-0.3, -0.25) is 0 Å². The van der Waals surface area contributed by atoms with Gasteiger partial charge in [0.15, 0.2) is 5.82 Å². The predicted molar refractivity (Wildman–Crippen MR) is 34.7 cm³/mol. The molecule has 1 heterocycles. The van der Waals surface area contributed by atoms with E-state index in [2.05, 4.69) is 4.98 Å². The van der Waals surface area contributed by atoms with Crippen LogP contribution in [0, 0.1) is 0 Å². The third-order valence-corrected chi connectivity index (χ3v) is 1.13. The monoisotopic (exact) mass is 142 g/mol. The van der Waals surface area contributed by atoms with Gasteiger partial charge in [0.2, 0.25) is 0 Å². The summed E-state index contributed by atoms with van der Waals surface area (Å²) in [5.41, 5.74) is 0. The maximum Gasteiger partial charge on any atom is 0.170 e. The van der Waals surface area contributed by atoms with E-state index in [9.17, 15) is 0 Å². The molecule has 1 N–H and O–H groups in total. The van der Waals surface area contributed by atoms with Crippen molar-refractivity contribution in [1.82, 2.24) is 9.71 Å². The van der Waals surface area contributed by atoms with Crippen molar-refractivity contribution < 1.29 is 9.94 Å². The van der Waals surface area contributed by atoms with Gasteiger partial charge in [-0.15, -0.1) is 0 Å². The summed E-state index contributed by atoms with van der Waals surface area (Å²) in [6.07, 6.45) is 2.99. The fourth-order valence-corrected chi connectivity index (χ4v) is 0.624. The molecular formula is C6H10N2O2. The van der Waals surface area contributed by atoms with Crippen LogP contribution in [0.4, 0.5) is 0 Å². The van der Waals surface area contributed by atoms with Crippen LogP contribution in [0.1, 0.15) is 12.7 Å². The van der Waals surface area contributed by atoms with Gasteiger partial charge in [0.05, 0.1) is 6.20 Å². The second-order valence-electron chi connectivity index (χ2n) is 1.83. The van der Waals surface area contributed by atoms with Crippen molar-refractivity contribution in [2.45, 2.75) is 13.5 Å². The van der Waals surface area contributed by atoms with Crippen LogP contribution in [0.2, 0.25) is 0 Å². The SMILES string of the molecule is CCOCc1nccn1O. The van der Waals surface area contributed by atoms with Crippen LogP contribution < -0.4 is 0 Å². The zero-order valence-electron chi connectivity index (χ0n) is 5.82. The molecule has 10 heavy (non-hydrogen) atoms. The third-order valence-electron chi connectivity index (χ3n) is 1.13. The Balaban J connectivity index is 2.49. The molecule has 0 bridgehead atoms. The van der Waals surface area contributed by atoms with Crippen molar-refractivity contribution >= 4 is 0 Å². The van der Waals surface area contributed by atoms with E-state index in [1.54, 1.807) is 0 Å². The summed E-state index contributed by atoms with van der Waals surface area (Å²) in [6, 6.07) is 0. The van der Waals surface area contributed by atoms with E-state index in [4.69, 9.17) is 9.94 Å². The van der Waals surface area contributed by atoms with Crippen molar-refractivity contribution in [3.8, 4) is 0 Å². The Labute approximate surface area is 59.0 Å². The van der Waals surface area contributed by atoms with Gasteiger partial charge in [-0.2, -0.15) is 4.73 Å². The molecule has 1 rings (SSSR count). The second kappa shape index (κ2) is 3.22. The lowest BCUT2D eigenvalue weighted by molar-refractivity contribution is 0.0973. The molecule has 0 atom stereocenters. The fraction of sp³-hybridized carbons (Fsp3) is 0.500. The lowest BCUT2D eigenvalue weighted by Crippen LogP contribution is -2.00. The van der Waals surface area contributed by atoms with E-state index >= 15 is 0 Å². The van der Waals surface area contributed by atoms with Gasteiger partial charge in [-0.05, 0) is 6.92 Å². The molecule has 4 nitrogen and oxygen atoms in total. The lowest BCUT2D eigenvalue weighted by Gasteiger charge is -1.98. The zero-order chi connectivity index (χ0) is 7.40. The molecular weight excluding hydrogens is 132 g/mol. The molecule has 0 aliphatic rings. The first-order valence-electron chi connectivity index (χ1n) is 3.13. The van der Waals surface area contributed by atoms with Crippen LogP contribution >= 0.6 is 0 Å². The van der Waals surface area contributed by atoms with Crippen LogP contribution in [0.3, 0.4) is 0 Å². The van der Waals surface area contributed by atoms with Crippen molar-refractivity contribution in [2.24, 2.45) is 0 Å². The molecule has 0 spiro atoms. The minimum atomic E-state index is 0.361. The molecule has 0 aliphatic heterocycles. The predicted octanol–water partition coefficient (Wildman–Crippen LogP) is 0.657. The average molecular weight is 142 g/mol. The van der Waals surface area contributed by atoms with Crippen LogP contribution in [0.15, 0.2) is 12.4 Å².